The van der Waals surface area contributed by atoms with Crippen molar-refractivity contribution >= 4 is 48.9 Å². The number of nitrogens with one attached hydrogen (secondary N) is 1. The van der Waals surface area contributed by atoms with Gasteiger partial charge in [0.15, 0.2) is 0 Å². The zero-order chi connectivity index (χ0) is 10.7. The van der Waals surface area contributed by atoms with Gasteiger partial charge in [-0.1, -0.05) is 6.07 Å². The maximum absolute atomic E-state index is 3.52. The summed E-state index contributed by atoms with van der Waals surface area (Å²) >= 11 is 8.76. The van der Waals surface area contributed by atoms with Crippen molar-refractivity contribution in [2.45, 2.75) is 6.54 Å². The van der Waals surface area contributed by atoms with Gasteiger partial charge in [-0.25, -0.2) is 0 Å². The van der Waals surface area contributed by atoms with Crippen molar-refractivity contribution in [2.24, 2.45) is 0 Å². The molecule has 1 heterocycles. The van der Waals surface area contributed by atoms with Gasteiger partial charge in [-0.15, -0.1) is 0 Å². The van der Waals surface area contributed by atoms with Crippen LogP contribution in [0.15, 0.2) is 44.0 Å². The minimum atomic E-state index is 0.852. The van der Waals surface area contributed by atoms with Crippen LogP contribution < -0.4 is 5.32 Å². The molecule has 0 amide bonds. The number of para-hydroxylation sites is 1. The van der Waals surface area contributed by atoms with E-state index in [1.165, 1.54) is 5.56 Å². The van der Waals surface area contributed by atoms with Crippen LogP contribution in [0.2, 0.25) is 0 Å². The molecule has 15 heavy (non-hydrogen) atoms. The van der Waals surface area contributed by atoms with E-state index in [0.29, 0.717) is 0 Å². The molecule has 2 aromatic rings. The molecular weight excluding hydrogens is 338 g/mol. The third-order valence-corrected chi connectivity index (χ3v) is 4.07. The maximum Gasteiger partial charge on any atom is 0.0631 e. The Bertz CT molecular complexity index is 420. The number of hydrogen-bond acceptors (Lipinski definition) is 2. The minimum absolute atomic E-state index is 0.852. The monoisotopic (exact) mass is 345 g/mol. The van der Waals surface area contributed by atoms with Gasteiger partial charge in [0.05, 0.1) is 5.69 Å². The first-order valence-corrected chi connectivity index (χ1v) is 6.99. The molecule has 2 rings (SSSR count). The fraction of sp³-hybridized carbons (Fsp3) is 0.0909. The van der Waals surface area contributed by atoms with Crippen molar-refractivity contribution in [3.63, 3.8) is 0 Å². The van der Waals surface area contributed by atoms with Crippen LogP contribution in [-0.4, -0.2) is 0 Å². The highest BCUT2D eigenvalue weighted by atomic mass is 79.9. The zero-order valence-electron chi connectivity index (χ0n) is 7.84. The highest BCUT2D eigenvalue weighted by molar-refractivity contribution is 9.11. The van der Waals surface area contributed by atoms with Crippen LogP contribution in [0.3, 0.4) is 0 Å². The molecule has 0 saturated carbocycles. The van der Waals surface area contributed by atoms with Gasteiger partial charge >= 0.3 is 0 Å². The van der Waals surface area contributed by atoms with Crippen LogP contribution in [0.25, 0.3) is 0 Å². The number of anilines is 1. The Hall–Kier alpha value is -0.320. The van der Waals surface area contributed by atoms with Gasteiger partial charge in [0.2, 0.25) is 0 Å². The second-order valence-corrected chi connectivity index (χ2v) is 5.57. The Labute approximate surface area is 110 Å². The van der Waals surface area contributed by atoms with Crippen molar-refractivity contribution in [3.05, 3.63) is 49.5 Å². The molecule has 4 heteroatoms. The Balaban J connectivity index is 2.11. The average Bonchev–Trinajstić information content (AvgIpc) is 2.70. The lowest BCUT2D eigenvalue weighted by Crippen LogP contribution is -1.99. The molecular formula is C11H9Br2NS. The van der Waals surface area contributed by atoms with Crippen molar-refractivity contribution in [3.8, 4) is 0 Å². The molecule has 0 bridgehead atoms. The van der Waals surface area contributed by atoms with Gasteiger partial charge in [0.1, 0.15) is 0 Å². The predicted octanol–water partition coefficient (Wildman–Crippen LogP) is 4.89. The molecule has 1 nitrogen and oxygen atoms in total. The van der Waals surface area contributed by atoms with E-state index in [1.54, 1.807) is 11.3 Å². The normalized spacial score (nSPS) is 10.3. The van der Waals surface area contributed by atoms with Gasteiger partial charge < -0.3 is 5.32 Å². The Morgan fingerprint density at radius 1 is 1.13 bits per heavy atom. The molecule has 0 unspecified atom stereocenters. The van der Waals surface area contributed by atoms with E-state index < -0.39 is 0 Å². The van der Waals surface area contributed by atoms with E-state index in [0.717, 1.165) is 21.2 Å². The Kier molecular flexibility index (Phi) is 3.83. The van der Waals surface area contributed by atoms with Crippen LogP contribution >= 0.6 is 43.2 Å². The van der Waals surface area contributed by atoms with Crippen LogP contribution in [0.5, 0.6) is 0 Å². The first-order valence-electron chi connectivity index (χ1n) is 4.46. The number of halogens is 2. The summed E-state index contributed by atoms with van der Waals surface area (Å²) < 4.78 is 2.15. The lowest BCUT2D eigenvalue weighted by Gasteiger charge is -2.09. The van der Waals surface area contributed by atoms with Gasteiger partial charge in [-0.05, 0) is 66.4 Å². The Morgan fingerprint density at radius 2 is 1.87 bits per heavy atom. The van der Waals surface area contributed by atoms with Gasteiger partial charge in [-0.3, -0.25) is 0 Å². The van der Waals surface area contributed by atoms with Gasteiger partial charge in [0.25, 0.3) is 0 Å². The maximum atomic E-state index is 3.52. The molecule has 0 atom stereocenters. The van der Waals surface area contributed by atoms with Crippen molar-refractivity contribution < 1.29 is 0 Å². The standard InChI is InChI=1S/C11H9Br2NS/c12-9-2-1-3-10(13)11(9)14-6-8-4-5-15-7-8/h1-5,7,14H,6H2. The van der Waals surface area contributed by atoms with Crippen molar-refractivity contribution in [1.29, 1.82) is 0 Å². The van der Waals surface area contributed by atoms with E-state index in [2.05, 4.69) is 54.0 Å². The van der Waals surface area contributed by atoms with Crippen LogP contribution in [0.1, 0.15) is 5.56 Å². The highest BCUT2D eigenvalue weighted by Crippen LogP contribution is 2.30. The molecule has 78 valence electrons. The number of hydrogen-bond donors (Lipinski definition) is 1. The van der Waals surface area contributed by atoms with Gasteiger partial charge in [-0.2, -0.15) is 11.3 Å². The predicted molar refractivity (Wildman–Crippen MR) is 73.5 cm³/mol. The molecule has 0 radical (unpaired) electrons. The summed E-state index contributed by atoms with van der Waals surface area (Å²) in [6.07, 6.45) is 0. The van der Waals surface area contributed by atoms with Crippen LogP contribution in [0, 0.1) is 0 Å². The quantitative estimate of drug-likeness (QED) is 0.834. The minimum Gasteiger partial charge on any atom is -0.379 e. The van der Waals surface area contributed by atoms with Crippen LogP contribution in [0.4, 0.5) is 5.69 Å². The number of thiophene rings is 1. The van der Waals surface area contributed by atoms with E-state index in [1.807, 2.05) is 18.2 Å². The molecule has 1 N–H and O–H groups in total. The molecule has 0 aliphatic rings. The molecule has 0 fully saturated rings. The second-order valence-electron chi connectivity index (χ2n) is 3.08. The SMILES string of the molecule is Brc1cccc(Br)c1NCc1ccsc1. The summed E-state index contributed by atoms with van der Waals surface area (Å²) in [5.41, 5.74) is 2.41. The molecule has 0 aliphatic heterocycles. The molecule has 0 saturated heterocycles. The highest BCUT2D eigenvalue weighted by Gasteiger charge is 2.03. The van der Waals surface area contributed by atoms with E-state index >= 15 is 0 Å². The lowest BCUT2D eigenvalue weighted by molar-refractivity contribution is 1.16. The first-order chi connectivity index (χ1) is 7.27. The van der Waals surface area contributed by atoms with Crippen molar-refractivity contribution in [2.75, 3.05) is 5.32 Å². The first kappa shape index (κ1) is 11.2. The van der Waals surface area contributed by atoms with Crippen LogP contribution in [-0.2, 0) is 6.54 Å². The average molecular weight is 347 g/mol. The third kappa shape index (κ3) is 2.83. The summed E-state index contributed by atoms with van der Waals surface area (Å²) in [6.45, 7) is 0.852. The molecule has 0 spiro atoms. The topological polar surface area (TPSA) is 12.0 Å². The summed E-state index contributed by atoms with van der Waals surface area (Å²) in [5, 5.41) is 7.64. The smallest absolute Gasteiger partial charge is 0.0631 e. The fourth-order valence-electron chi connectivity index (χ4n) is 1.25. The summed E-state index contributed by atoms with van der Waals surface area (Å²) in [4.78, 5) is 0. The van der Waals surface area contributed by atoms with E-state index in [-0.39, 0.29) is 0 Å². The van der Waals surface area contributed by atoms with Crippen molar-refractivity contribution in [1.82, 2.24) is 0 Å². The second kappa shape index (κ2) is 5.14. The molecule has 1 aromatic heterocycles. The summed E-state index contributed by atoms with van der Waals surface area (Å²) in [6, 6.07) is 8.19. The van der Waals surface area contributed by atoms with Gasteiger partial charge in [0, 0.05) is 15.5 Å². The number of rotatable bonds is 3. The molecule has 0 aliphatic carbocycles. The largest absolute Gasteiger partial charge is 0.379 e. The lowest BCUT2D eigenvalue weighted by atomic mass is 10.3. The zero-order valence-corrected chi connectivity index (χ0v) is 11.8. The fourth-order valence-corrected chi connectivity index (χ4v) is 3.20. The van der Waals surface area contributed by atoms with E-state index in [4.69, 9.17) is 0 Å². The number of benzene rings is 1. The summed E-state index contributed by atoms with van der Waals surface area (Å²) in [7, 11) is 0. The van der Waals surface area contributed by atoms with E-state index in [9.17, 15) is 0 Å². The summed E-state index contributed by atoms with van der Waals surface area (Å²) in [5.74, 6) is 0. The molecule has 1 aromatic carbocycles. The third-order valence-electron chi connectivity index (χ3n) is 2.01. The Morgan fingerprint density at radius 3 is 2.47 bits per heavy atom.